The van der Waals surface area contributed by atoms with Crippen LogP contribution in [0.1, 0.15) is 26.7 Å². The lowest BCUT2D eigenvalue weighted by Gasteiger charge is -2.22. The Balaban J connectivity index is 1.68. The first-order valence-corrected chi connectivity index (χ1v) is 8.66. The van der Waals surface area contributed by atoms with E-state index < -0.39 is 0 Å². The predicted molar refractivity (Wildman–Crippen MR) is 96.6 cm³/mol. The summed E-state index contributed by atoms with van der Waals surface area (Å²) in [4.78, 5) is 22.9. The number of aromatic nitrogens is 4. The number of hydrogen-bond donors (Lipinski definition) is 0. The highest BCUT2D eigenvalue weighted by Gasteiger charge is 2.28. The molecular weight excluding hydrogens is 314 g/mol. The van der Waals surface area contributed by atoms with E-state index >= 15 is 0 Å². The Bertz CT molecular complexity index is 893. The summed E-state index contributed by atoms with van der Waals surface area (Å²) in [5, 5.41) is 0. The van der Waals surface area contributed by atoms with Crippen molar-refractivity contribution < 1.29 is 4.79 Å². The number of carbonyl (C=O) groups is 1. The number of amides is 1. The first-order valence-electron chi connectivity index (χ1n) is 8.66. The standard InChI is InChI=1S/C19H21N5O/c1-3-22-12-10-20-18(22)19-21-11-13-23(19)15-5-7-16(8-6-15)24-14(2)4-9-17(24)25/h5-8,10-14H,3-4,9H2,1-2H3. The molecule has 0 N–H and O–H groups in total. The van der Waals surface area contributed by atoms with Gasteiger partial charge in [0.25, 0.3) is 0 Å². The molecule has 1 aromatic carbocycles. The Kier molecular flexibility index (Phi) is 3.87. The summed E-state index contributed by atoms with van der Waals surface area (Å²) in [7, 11) is 0. The quantitative estimate of drug-likeness (QED) is 0.735. The zero-order valence-electron chi connectivity index (χ0n) is 14.5. The number of hydrogen-bond acceptors (Lipinski definition) is 3. The third kappa shape index (κ3) is 2.63. The van der Waals surface area contributed by atoms with Gasteiger partial charge in [-0.3, -0.25) is 9.36 Å². The Morgan fingerprint density at radius 3 is 2.40 bits per heavy atom. The second kappa shape index (κ2) is 6.20. The Hall–Kier alpha value is -2.89. The first-order chi connectivity index (χ1) is 12.2. The molecule has 6 nitrogen and oxygen atoms in total. The zero-order chi connectivity index (χ0) is 17.4. The lowest BCUT2D eigenvalue weighted by molar-refractivity contribution is -0.117. The van der Waals surface area contributed by atoms with Crippen molar-refractivity contribution in [1.29, 1.82) is 0 Å². The van der Waals surface area contributed by atoms with Crippen LogP contribution in [-0.2, 0) is 11.3 Å². The first kappa shape index (κ1) is 15.6. The number of benzene rings is 1. The molecule has 1 aliphatic rings. The van der Waals surface area contributed by atoms with Crippen LogP contribution in [0.25, 0.3) is 17.3 Å². The molecule has 4 rings (SSSR count). The van der Waals surface area contributed by atoms with Gasteiger partial charge < -0.3 is 9.47 Å². The number of nitrogens with zero attached hydrogens (tertiary/aromatic N) is 5. The highest BCUT2D eigenvalue weighted by Crippen LogP contribution is 2.28. The second-order valence-corrected chi connectivity index (χ2v) is 6.33. The maximum Gasteiger partial charge on any atom is 0.227 e. The molecule has 2 aromatic heterocycles. The smallest absolute Gasteiger partial charge is 0.227 e. The number of rotatable bonds is 4. The van der Waals surface area contributed by atoms with E-state index in [1.165, 1.54) is 0 Å². The van der Waals surface area contributed by atoms with Crippen LogP contribution in [0, 0.1) is 0 Å². The van der Waals surface area contributed by atoms with Crippen LogP contribution in [0.2, 0.25) is 0 Å². The van der Waals surface area contributed by atoms with Crippen molar-refractivity contribution in [2.24, 2.45) is 0 Å². The number of anilines is 1. The molecule has 3 heterocycles. The highest BCUT2D eigenvalue weighted by molar-refractivity contribution is 5.96. The molecule has 0 radical (unpaired) electrons. The summed E-state index contributed by atoms with van der Waals surface area (Å²) in [6.45, 7) is 5.02. The van der Waals surface area contributed by atoms with Crippen molar-refractivity contribution in [2.45, 2.75) is 39.3 Å². The molecule has 1 aliphatic heterocycles. The topological polar surface area (TPSA) is 56.0 Å². The fraction of sp³-hybridized carbons (Fsp3) is 0.316. The van der Waals surface area contributed by atoms with Gasteiger partial charge in [0.1, 0.15) is 0 Å². The number of aryl methyl sites for hydroxylation is 1. The van der Waals surface area contributed by atoms with E-state index in [0.717, 1.165) is 36.0 Å². The van der Waals surface area contributed by atoms with Crippen LogP contribution in [0.3, 0.4) is 0 Å². The molecule has 25 heavy (non-hydrogen) atoms. The average Bonchev–Trinajstić information content (AvgIpc) is 3.34. The van der Waals surface area contributed by atoms with E-state index in [9.17, 15) is 4.79 Å². The van der Waals surface area contributed by atoms with Gasteiger partial charge in [0.05, 0.1) is 0 Å². The monoisotopic (exact) mass is 335 g/mol. The molecule has 128 valence electrons. The number of imidazole rings is 2. The predicted octanol–water partition coefficient (Wildman–Crippen LogP) is 3.27. The minimum Gasteiger partial charge on any atom is -0.329 e. The molecule has 1 atom stereocenters. The third-order valence-corrected chi connectivity index (χ3v) is 4.79. The molecule has 0 bridgehead atoms. The highest BCUT2D eigenvalue weighted by atomic mass is 16.2. The van der Waals surface area contributed by atoms with Gasteiger partial charge in [-0.15, -0.1) is 0 Å². The van der Waals surface area contributed by atoms with Gasteiger partial charge in [0.15, 0.2) is 11.6 Å². The fourth-order valence-corrected chi connectivity index (χ4v) is 3.45. The minimum absolute atomic E-state index is 0.202. The van der Waals surface area contributed by atoms with Crippen molar-refractivity contribution in [3.05, 3.63) is 49.1 Å². The summed E-state index contributed by atoms with van der Waals surface area (Å²) in [6, 6.07) is 8.33. The maximum absolute atomic E-state index is 12.1. The molecule has 0 spiro atoms. The van der Waals surface area contributed by atoms with E-state index in [1.54, 1.807) is 12.4 Å². The number of carbonyl (C=O) groups excluding carboxylic acids is 1. The van der Waals surface area contributed by atoms with Crippen LogP contribution >= 0.6 is 0 Å². The summed E-state index contributed by atoms with van der Waals surface area (Å²) in [5.41, 5.74) is 1.96. The lowest BCUT2D eigenvalue weighted by atomic mass is 10.2. The van der Waals surface area contributed by atoms with E-state index in [-0.39, 0.29) is 11.9 Å². The normalized spacial score (nSPS) is 17.4. The average molecular weight is 335 g/mol. The van der Waals surface area contributed by atoms with E-state index in [1.807, 2.05) is 46.1 Å². The molecular formula is C19H21N5O. The second-order valence-electron chi connectivity index (χ2n) is 6.33. The van der Waals surface area contributed by atoms with E-state index in [4.69, 9.17) is 0 Å². The minimum atomic E-state index is 0.202. The van der Waals surface area contributed by atoms with Gasteiger partial charge in [-0.05, 0) is 44.5 Å². The Morgan fingerprint density at radius 2 is 1.72 bits per heavy atom. The molecule has 1 saturated heterocycles. The fourth-order valence-electron chi connectivity index (χ4n) is 3.45. The largest absolute Gasteiger partial charge is 0.329 e. The molecule has 1 amide bonds. The van der Waals surface area contributed by atoms with Crippen LogP contribution in [0.4, 0.5) is 5.69 Å². The molecule has 1 unspecified atom stereocenters. The van der Waals surface area contributed by atoms with Crippen molar-refractivity contribution in [3.63, 3.8) is 0 Å². The van der Waals surface area contributed by atoms with Crippen LogP contribution in [-0.4, -0.2) is 31.1 Å². The van der Waals surface area contributed by atoms with E-state index in [0.29, 0.717) is 6.42 Å². The third-order valence-electron chi connectivity index (χ3n) is 4.79. The van der Waals surface area contributed by atoms with Gasteiger partial charge in [-0.2, -0.15) is 0 Å². The van der Waals surface area contributed by atoms with Gasteiger partial charge >= 0.3 is 0 Å². The van der Waals surface area contributed by atoms with Crippen LogP contribution in [0.15, 0.2) is 49.1 Å². The SMILES string of the molecule is CCn1ccnc1-c1nccn1-c1ccc(N2C(=O)CCC2C)cc1. The van der Waals surface area contributed by atoms with Gasteiger partial charge in [0.2, 0.25) is 5.91 Å². The van der Waals surface area contributed by atoms with Crippen molar-refractivity contribution in [2.75, 3.05) is 4.90 Å². The van der Waals surface area contributed by atoms with Gasteiger partial charge in [-0.25, -0.2) is 9.97 Å². The van der Waals surface area contributed by atoms with Crippen molar-refractivity contribution in [1.82, 2.24) is 19.1 Å². The molecule has 1 fully saturated rings. The Labute approximate surface area is 146 Å². The van der Waals surface area contributed by atoms with Crippen LogP contribution in [0.5, 0.6) is 0 Å². The molecule has 0 aliphatic carbocycles. The van der Waals surface area contributed by atoms with Crippen molar-refractivity contribution >= 4 is 11.6 Å². The molecule has 3 aromatic rings. The maximum atomic E-state index is 12.1. The van der Waals surface area contributed by atoms with Gasteiger partial charge in [0, 0.05) is 55.2 Å². The summed E-state index contributed by atoms with van der Waals surface area (Å²) in [5.74, 6) is 1.86. The molecule has 6 heteroatoms. The van der Waals surface area contributed by atoms with Crippen molar-refractivity contribution in [3.8, 4) is 17.3 Å². The summed E-state index contributed by atoms with van der Waals surface area (Å²) >= 11 is 0. The van der Waals surface area contributed by atoms with E-state index in [2.05, 4.69) is 28.4 Å². The van der Waals surface area contributed by atoms with Crippen LogP contribution < -0.4 is 4.90 Å². The zero-order valence-corrected chi connectivity index (χ0v) is 14.5. The lowest BCUT2D eigenvalue weighted by Crippen LogP contribution is -2.30. The molecule has 0 saturated carbocycles. The summed E-state index contributed by atoms with van der Waals surface area (Å²) < 4.78 is 4.09. The summed E-state index contributed by atoms with van der Waals surface area (Å²) in [6.07, 6.45) is 9.02. The van der Waals surface area contributed by atoms with Gasteiger partial charge in [-0.1, -0.05) is 0 Å². The Morgan fingerprint density at radius 1 is 1.04 bits per heavy atom.